The van der Waals surface area contributed by atoms with Crippen molar-refractivity contribution in [1.82, 2.24) is 9.97 Å². The molecular formula is C14H13Cl2N3O. The summed E-state index contributed by atoms with van der Waals surface area (Å²) in [6, 6.07) is 7.50. The molecule has 2 rings (SSSR count). The van der Waals surface area contributed by atoms with Crippen LogP contribution in [0.5, 0.6) is 0 Å². The van der Waals surface area contributed by atoms with E-state index in [2.05, 4.69) is 9.97 Å². The van der Waals surface area contributed by atoms with Gasteiger partial charge in [-0.3, -0.25) is 4.79 Å². The van der Waals surface area contributed by atoms with Gasteiger partial charge in [-0.25, -0.2) is 9.97 Å². The van der Waals surface area contributed by atoms with Crippen LogP contribution in [0.25, 0.3) is 0 Å². The number of aldehydes is 1. The number of anilines is 1. The zero-order chi connectivity index (χ0) is 14.7. The van der Waals surface area contributed by atoms with Crippen LogP contribution < -0.4 is 4.90 Å². The van der Waals surface area contributed by atoms with Crippen LogP contribution in [0, 0.1) is 6.92 Å². The molecular weight excluding hydrogens is 297 g/mol. The second-order valence-corrected chi connectivity index (χ2v) is 5.19. The maximum absolute atomic E-state index is 11.2. The predicted octanol–water partition coefficient (Wildman–Crippen LogP) is 3.54. The number of rotatable bonds is 4. The van der Waals surface area contributed by atoms with Crippen LogP contribution >= 0.6 is 23.2 Å². The van der Waals surface area contributed by atoms with Crippen LogP contribution in [-0.4, -0.2) is 23.3 Å². The lowest BCUT2D eigenvalue weighted by Gasteiger charge is -2.20. The van der Waals surface area contributed by atoms with Gasteiger partial charge in [-0.15, -0.1) is 0 Å². The van der Waals surface area contributed by atoms with E-state index in [1.165, 1.54) is 0 Å². The molecule has 0 saturated carbocycles. The van der Waals surface area contributed by atoms with Crippen molar-refractivity contribution in [3.8, 4) is 0 Å². The Kier molecular flexibility index (Phi) is 4.57. The van der Waals surface area contributed by atoms with Crippen LogP contribution in [0.3, 0.4) is 0 Å². The van der Waals surface area contributed by atoms with Crippen molar-refractivity contribution >= 4 is 35.3 Å². The number of hydrogen-bond acceptors (Lipinski definition) is 4. The Morgan fingerprint density at radius 1 is 1.20 bits per heavy atom. The molecule has 0 bridgehead atoms. The first kappa shape index (κ1) is 14.8. The number of benzene rings is 1. The molecule has 0 saturated heterocycles. The predicted molar refractivity (Wildman–Crippen MR) is 80.7 cm³/mol. The van der Waals surface area contributed by atoms with E-state index in [4.69, 9.17) is 23.2 Å². The van der Waals surface area contributed by atoms with Crippen LogP contribution in [0.4, 0.5) is 5.82 Å². The molecule has 0 aliphatic carbocycles. The van der Waals surface area contributed by atoms with Gasteiger partial charge in [0.15, 0.2) is 6.29 Å². The summed E-state index contributed by atoms with van der Waals surface area (Å²) in [5.74, 6) is 1.05. The highest BCUT2D eigenvalue weighted by Gasteiger charge is 2.15. The minimum Gasteiger partial charge on any atom is -0.355 e. The molecule has 2 aromatic rings. The molecule has 4 nitrogen and oxygen atoms in total. The van der Waals surface area contributed by atoms with Gasteiger partial charge in [0.2, 0.25) is 0 Å². The highest BCUT2D eigenvalue weighted by Crippen LogP contribution is 2.23. The zero-order valence-corrected chi connectivity index (χ0v) is 12.6. The maximum Gasteiger partial charge on any atom is 0.156 e. The Morgan fingerprint density at radius 2 is 1.85 bits per heavy atom. The Bertz CT molecular complexity index is 629. The number of carbonyl (C=O) groups is 1. The fourth-order valence-electron chi connectivity index (χ4n) is 1.86. The highest BCUT2D eigenvalue weighted by molar-refractivity contribution is 6.32. The van der Waals surface area contributed by atoms with Gasteiger partial charge in [-0.1, -0.05) is 35.3 Å². The molecule has 6 heteroatoms. The third-order valence-corrected chi connectivity index (χ3v) is 3.34. The molecule has 0 radical (unpaired) electrons. The van der Waals surface area contributed by atoms with E-state index < -0.39 is 0 Å². The molecule has 0 amide bonds. The van der Waals surface area contributed by atoms with Gasteiger partial charge >= 0.3 is 0 Å². The third kappa shape index (κ3) is 3.26. The first-order valence-corrected chi connectivity index (χ1v) is 6.71. The normalized spacial score (nSPS) is 10.4. The van der Waals surface area contributed by atoms with E-state index in [-0.39, 0.29) is 5.15 Å². The second kappa shape index (κ2) is 6.20. The summed E-state index contributed by atoms with van der Waals surface area (Å²) in [5, 5.41) is 0.858. The summed E-state index contributed by atoms with van der Waals surface area (Å²) in [4.78, 5) is 21.3. The fraction of sp³-hybridized carbons (Fsp3) is 0.214. The van der Waals surface area contributed by atoms with Gasteiger partial charge in [-0.05, 0) is 24.6 Å². The van der Waals surface area contributed by atoms with Gasteiger partial charge in [0.25, 0.3) is 0 Å². The van der Waals surface area contributed by atoms with E-state index in [0.29, 0.717) is 35.1 Å². The Balaban J connectivity index is 2.31. The lowest BCUT2D eigenvalue weighted by Crippen LogP contribution is -2.20. The number of aromatic nitrogens is 2. The molecule has 1 aromatic heterocycles. The van der Waals surface area contributed by atoms with E-state index >= 15 is 0 Å². The van der Waals surface area contributed by atoms with Crippen molar-refractivity contribution in [2.24, 2.45) is 0 Å². The molecule has 20 heavy (non-hydrogen) atoms. The first-order valence-electron chi connectivity index (χ1n) is 5.96. The largest absolute Gasteiger partial charge is 0.355 e. The Labute approximate surface area is 127 Å². The number of nitrogens with zero attached hydrogens (tertiary/aromatic N) is 3. The Hall–Kier alpha value is -1.65. The van der Waals surface area contributed by atoms with Crippen LogP contribution in [0.1, 0.15) is 21.7 Å². The molecule has 0 spiro atoms. The van der Waals surface area contributed by atoms with Crippen molar-refractivity contribution < 1.29 is 4.79 Å². The molecule has 0 fully saturated rings. The zero-order valence-electron chi connectivity index (χ0n) is 11.1. The summed E-state index contributed by atoms with van der Waals surface area (Å²) in [6.07, 6.45) is 0.676. The van der Waals surface area contributed by atoms with Gasteiger partial charge in [0, 0.05) is 18.6 Å². The topological polar surface area (TPSA) is 46.1 Å². The van der Waals surface area contributed by atoms with E-state index in [1.54, 1.807) is 6.92 Å². The molecule has 1 aromatic carbocycles. The Morgan fingerprint density at radius 3 is 2.45 bits per heavy atom. The maximum atomic E-state index is 11.2. The highest BCUT2D eigenvalue weighted by atomic mass is 35.5. The summed E-state index contributed by atoms with van der Waals surface area (Å²) in [5.41, 5.74) is 1.36. The molecule has 0 atom stereocenters. The molecule has 104 valence electrons. The number of hydrogen-bond donors (Lipinski definition) is 0. The van der Waals surface area contributed by atoms with E-state index in [9.17, 15) is 4.79 Å². The van der Waals surface area contributed by atoms with Gasteiger partial charge in [-0.2, -0.15) is 0 Å². The number of carbonyl (C=O) groups excluding carboxylic acids is 1. The molecule has 0 aliphatic rings. The molecule has 0 N–H and O–H groups in total. The van der Waals surface area contributed by atoms with Crippen LogP contribution in [-0.2, 0) is 6.54 Å². The third-order valence-electron chi connectivity index (χ3n) is 2.80. The lowest BCUT2D eigenvalue weighted by molar-refractivity contribution is 0.112. The number of aryl methyl sites for hydroxylation is 1. The smallest absolute Gasteiger partial charge is 0.156 e. The SMILES string of the molecule is Cc1nc(Cl)c(C=O)c(N(C)Cc2ccc(Cl)cc2)n1. The van der Waals surface area contributed by atoms with Gasteiger partial charge in [0.05, 0.1) is 5.56 Å². The van der Waals surface area contributed by atoms with Crippen LogP contribution in [0.15, 0.2) is 24.3 Å². The van der Waals surface area contributed by atoms with Gasteiger partial charge in [0.1, 0.15) is 16.8 Å². The van der Waals surface area contributed by atoms with Crippen molar-refractivity contribution in [2.45, 2.75) is 13.5 Å². The fourth-order valence-corrected chi connectivity index (χ4v) is 2.24. The van der Waals surface area contributed by atoms with Crippen molar-refractivity contribution in [1.29, 1.82) is 0 Å². The number of halogens is 2. The first-order chi connectivity index (χ1) is 9.51. The summed E-state index contributed by atoms with van der Waals surface area (Å²) in [6.45, 7) is 2.32. The molecule has 0 aliphatic heterocycles. The molecule has 1 heterocycles. The summed E-state index contributed by atoms with van der Waals surface area (Å²) in [7, 11) is 1.85. The van der Waals surface area contributed by atoms with Crippen LogP contribution in [0.2, 0.25) is 10.2 Å². The molecule has 0 unspecified atom stereocenters. The average Bonchev–Trinajstić information content (AvgIpc) is 2.40. The monoisotopic (exact) mass is 309 g/mol. The van der Waals surface area contributed by atoms with Crippen molar-refractivity contribution in [3.63, 3.8) is 0 Å². The van der Waals surface area contributed by atoms with E-state index in [1.807, 2.05) is 36.2 Å². The van der Waals surface area contributed by atoms with Crippen molar-refractivity contribution in [2.75, 3.05) is 11.9 Å². The van der Waals surface area contributed by atoms with E-state index in [0.717, 1.165) is 5.56 Å². The average molecular weight is 310 g/mol. The summed E-state index contributed by atoms with van der Waals surface area (Å²) < 4.78 is 0. The minimum atomic E-state index is 0.172. The van der Waals surface area contributed by atoms with Gasteiger partial charge < -0.3 is 4.90 Å². The standard InChI is InChI=1S/C14H13Cl2N3O/c1-9-17-13(16)12(8-20)14(18-9)19(2)7-10-3-5-11(15)6-4-10/h3-6,8H,7H2,1-2H3. The summed E-state index contributed by atoms with van der Waals surface area (Å²) >= 11 is 11.8. The minimum absolute atomic E-state index is 0.172. The second-order valence-electron chi connectivity index (χ2n) is 4.40. The van der Waals surface area contributed by atoms with Crippen molar-refractivity contribution in [3.05, 3.63) is 51.4 Å². The quantitative estimate of drug-likeness (QED) is 0.640. The lowest BCUT2D eigenvalue weighted by atomic mass is 10.2.